The number of carbonyl (C=O) groups excluding carboxylic acids is 1. The first-order valence-corrected chi connectivity index (χ1v) is 5.25. The third kappa shape index (κ3) is 1.77. The normalized spacial score (nSPS) is 20.7. The number of esters is 1. The maximum Gasteiger partial charge on any atom is 0.375 e. The molecule has 0 spiro atoms. The summed E-state index contributed by atoms with van der Waals surface area (Å²) >= 11 is 3.15. The molecule has 0 saturated carbocycles. The fourth-order valence-electron chi connectivity index (χ4n) is 1.39. The van der Waals surface area contributed by atoms with Gasteiger partial charge in [0.05, 0.1) is 4.48 Å². The first-order chi connectivity index (χ1) is 7.09. The Morgan fingerprint density at radius 2 is 1.93 bits per heavy atom. The number of aliphatic hydroxyl groups excluding tert-OH is 1. The first-order valence-electron chi connectivity index (χ1n) is 4.46. The summed E-state index contributed by atoms with van der Waals surface area (Å²) in [4.78, 5) is 11.1. The zero-order chi connectivity index (χ0) is 11.0. The summed E-state index contributed by atoms with van der Waals surface area (Å²) in [5.41, 5.74) is 1.97. The van der Waals surface area contributed by atoms with E-state index in [1.807, 2.05) is 31.2 Å². The number of rotatable bonds is 1. The van der Waals surface area contributed by atoms with Gasteiger partial charge in [0.25, 0.3) is 0 Å². The molecule has 1 N–H and O–H groups in total. The molecule has 0 saturated heterocycles. The molecule has 78 valence electrons. The van der Waals surface area contributed by atoms with Crippen molar-refractivity contribution in [3.05, 3.63) is 45.6 Å². The highest BCUT2D eigenvalue weighted by Crippen LogP contribution is 2.37. The molecule has 15 heavy (non-hydrogen) atoms. The zero-order valence-electron chi connectivity index (χ0n) is 8.03. The van der Waals surface area contributed by atoms with E-state index >= 15 is 0 Å². The maximum atomic E-state index is 11.1. The molecular weight excluding hydrogens is 260 g/mol. The molecule has 2 rings (SSSR count). The number of aryl methyl sites for hydroxylation is 1. The number of halogens is 1. The molecule has 4 heteroatoms. The van der Waals surface area contributed by atoms with Gasteiger partial charge in [-0.1, -0.05) is 29.8 Å². The van der Waals surface area contributed by atoms with Gasteiger partial charge in [-0.05, 0) is 28.4 Å². The third-order valence-electron chi connectivity index (χ3n) is 2.25. The topological polar surface area (TPSA) is 46.5 Å². The molecule has 0 amide bonds. The molecule has 3 nitrogen and oxygen atoms in total. The third-order valence-corrected chi connectivity index (χ3v) is 3.05. The fourth-order valence-corrected chi connectivity index (χ4v) is 1.91. The number of carbonyl (C=O) groups is 1. The number of cyclic esters (lactones) is 1. The van der Waals surface area contributed by atoms with E-state index < -0.39 is 12.1 Å². The van der Waals surface area contributed by atoms with E-state index in [1.165, 1.54) is 0 Å². The molecule has 0 fully saturated rings. The van der Waals surface area contributed by atoms with Crippen LogP contribution in [0.25, 0.3) is 0 Å². The molecule has 0 bridgehead atoms. The summed E-state index contributed by atoms with van der Waals surface area (Å²) in [6.07, 6.45) is -0.516. The van der Waals surface area contributed by atoms with Crippen molar-refractivity contribution in [2.24, 2.45) is 0 Å². The van der Waals surface area contributed by atoms with Gasteiger partial charge >= 0.3 is 5.97 Å². The van der Waals surface area contributed by atoms with Gasteiger partial charge in [-0.2, -0.15) is 0 Å². The molecule has 1 aromatic rings. The molecule has 0 radical (unpaired) electrons. The van der Waals surface area contributed by atoms with E-state index in [2.05, 4.69) is 15.9 Å². The Morgan fingerprint density at radius 3 is 2.40 bits per heavy atom. The Kier molecular flexibility index (Phi) is 2.52. The average Bonchev–Trinajstić information content (AvgIpc) is 2.47. The van der Waals surface area contributed by atoms with Crippen LogP contribution in [0, 0.1) is 6.92 Å². The molecule has 0 aromatic heterocycles. The summed E-state index contributed by atoms with van der Waals surface area (Å²) in [6.45, 7) is 1.98. The van der Waals surface area contributed by atoms with Crippen LogP contribution < -0.4 is 0 Å². The van der Waals surface area contributed by atoms with Crippen LogP contribution in [0.4, 0.5) is 0 Å². The van der Waals surface area contributed by atoms with Crippen molar-refractivity contribution in [1.82, 2.24) is 0 Å². The van der Waals surface area contributed by atoms with Gasteiger partial charge in [-0.3, -0.25) is 0 Å². The number of hydrogen-bond acceptors (Lipinski definition) is 3. The van der Waals surface area contributed by atoms with Crippen LogP contribution in [0.5, 0.6) is 0 Å². The Labute approximate surface area is 95.5 Å². The van der Waals surface area contributed by atoms with Crippen molar-refractivity contribution < 1.29 is 14.6 Å². The Morgan fingerprint density at radius 1 is 1.33 bits per heavy atom. The van der Waals surface area contributed by atoms with E-state index in [-0.39, 0.29) is 5.76 Å². The lowest BCUT2D eigenvalue weighted by atomic mass is 10.1. The average molecular weight is 269 g/mol. The van der Waals surface area contributed by atoms with Crippen LogP contribution in [0.2, 0.25) is 0 Å². The van der Waals surface area contributed by atoms with Gasteiger partial charge in [0.1, 0.15) is 0 Å². The second kappa shape index (κ2) is 3.70. The van der Waals surface area contributed by atoms with E-state index in [1.54, 1.807) is 0 Å². The number of benzene rings is 1. The molecule has 1 aliphatic rings. The molecule has 1 aromatic carbocycles. The summed E-state index contributed by atoms with van der Waals surface area (Å²) in [7, 11) is 0. The molecule has 1 aliphatic heterocycles. The molecular formula is C11H9BrO3. The number of aliphatic hydroxyl groups is 1. The van der Waals surface area contributed by atoms with Crippen LogP contribution in [0.15, 0.2) is 34.5 Å². The summed E-state index contributed by atoms with van der Waals surface area (Å²) in [5.74, 6) is -1.03. The van der Waals surface area contributed by atoms with E-state index in [0.717, 1.165) is 11.1 Å². The lowest BCUT2D eigenvalue weighted by Crippen LogP contribution is -2.02. The van der Waals surface area contributed by atoms with E-state index in [4.69, 9.17) is 4.74 Å². The summed E-state index contributed by atoms with van der Waals surface area (Å²) in [6, 6.07) is 7.60. The van der Waals surface area contributed by atoms with Gasteiger partial charge in [0.15, 0.2) is 6.10 Å². The zero-order valence-corrected chi connectivity index (χ0v) is 9.61. The number of ether oxygens (including phenoxy) is 1. The smallest absolute Gasteiger partial charge is 0.375 e. The van der Waals surface area contributed by atoms with Crippen molar-refractivity contribution in [2.75, 3.05) is 0 Å². The SMILES string of the molecule is Cc1ccc(C2OC(=O)C(O)=C2Br)cc1. The summed E-state index contributed by atoms with van der Waals surface area (Å²) in [5, 5.41) is 9.31. The van der Waals surface area contributed by atoms with Crippen molar-refractivity contribution >= 4 is 21.9 Å². The molecule has 1 heterocycles. The lowest BCUT2D eigenvalue weighted by Gasteiger charge is -2.10. The quantitative estimate of drug-likeness (QED) is 0.797. The molecule has 0 aliphatic carbocycles. The Hall–Kier alpha value is -1.29. The van der Waals surface area contributed by atoms with Crippen LogP contribution in [-0.2, 0) is 9.53 Å². The highest BCUT2D eigenvalue weighted by Gasteiger charge is 2.33. The largest absolute Gasteiger partial charge is 0.501 e. The van der Waals surface area contributed by atoms with Gasteiger partial charge in [-0.15, -0.1) is 0 Å². The van der Waals surface area contributed by atoms with Gasteiger partial charge in [0.2, 0.25) is 5.76 Å². The Balaban J connectivity index is 2.35. The van der Waals surface area contributed by atoms with Crippen molar-refractivity contribution in [3.63, 3.8) is 0 Å². The molecule has 1 atom stereocenters. The fraction of sp³-hybridized carbons (Fsp3) is 0.182. The second-order valence-electron chi connectivity index (χ2n) is 3.39. The highest BCUT2D eigenvalue weighted by molar-refractivity contribution is 9.11. The van der Waals surface area contributed by atoms with Crippen LogP contribution in [-0.4, -0.2) is 11.1 Å². The predicted molar refractivity (Wildman–Crippen MR) is 58.6 cm³/mol. The van der Waals surface area contributed by atoms with E-state index in [9.17, 15) is 9.90 Å². The minimum Gasteiger partial charge on any atom is -0.501 e. The van der Waals surface area contributed by atoms with E-state index in [0.29, 0.717) is 4.48 Å². The van der Waals surface area contributed by atoms with Crippen molar-refractivity contribution in [2.45, 2.75) is 13.0 Å². The van der Waals surface area contributed by atoms with Crippen molar-refractivity contribution in [1.29, 1.82) is 0 Å². The van der Waals surface area contributed by atoms with Gasteiger partial charge < -0.3 is 9.84 Å². The van der Waals surface area contributed by atoms with Gasteiger partial charge in [0, 0.05) is 0 Å². The van der Waals surface area contributed by atoms with Crippen LogP contribution >= 0.6 is 15.9 Å². The van der Waals surface area contributed by atoms with Crippen LogP contribution in [0.1, 0.15) is 17.2 Å². The number of hydrogen-bond donors (Lipinski definition) is 1. The van der Waals surface area contributed by atoms with Crippen LogP contribution in [0.3, 0.4) is 0 Å². The second-order valence-corrected chi connectivity index (χ2v) is 4.25. The van der Waals surface area contributed by atoms with Crippen molar-refractivity contribution in [3.8, 4) is 0 Å². The minimum absolute atomic E-state index is 0.347. The summed E-state index contributed by atoms with van der Waals surface area (Å²) < 4.78 is 5.39. The van der Waals surface area contributed by atoms with Gasteiger partial charge in [-0.25, -0.2) is 4.79 Å². The predicted octanol–water partition coefficient (Wildman–Crippen LogP) is 2.76. The molecule has 1 unspecified atom stereocenters. The minimum atomic E-state index is -0.688. The lowest BCUT2D eigenvalue weighted by molar-refractivity contribution is -0.142. The maximum absolute atomic E-state index is 11.1. The first kappa shape index (κ1) is 10.2. The monoisotopic (exact) mass is 268 g/mol. The highest BCUT2D eigenvalue weighted by atomic mass is 79.9. The Bertz CT molecular complexity index is 434. The standard InChI is InChI=1S/C11H9BrO3/c1-6-2-4-7(5-3-6)10-8(12)9(13)11(14)15-10/h2-5,10,13H,1H3.